The Kier molecular flexibility index (Phi) is 7.92. The molecule has 3 aromatic rings. The molecule has 0 spiro atoms. The molecule has 1 amide bonds. The molecule has 0 aliphatic carbocycles. The monoisotopic (exact) mass is 575 g/mol. The maximum absolute atomic E-state index is 12.6. The minimum Gasteiger partial charge on any atom is -0.372 e. The molecule has 2 saturated heterocycles. The van der Waals surface area contributed by atoms with Crippen LogP contribution in [0.15, 0.2) is 55.1 Å². The Bertz CT molecular complexity index is 1620. The van der Waals surface area contributed by atoms with E-state index in [1.54, 1.807) is 4.90 Å². The van der Waals surface area contributed by atoms with Gasteiger partial charge < -0.3 is 24.3 Å². The lowest BCUT2D eigenvalue weighted by atomic mass is 9.93. The van der Waals surface area contributed by atoms with Crippen LogP contribution in [0.3, 0.4) is 0 Å². The van der Waals surface area contributed by atoms with Gasteiger partial charge in [0.1, 0.15) is 17.7 Å². The Balaban J connectivity index is 1.45. The third kappa shape index (κ3) is 5.37. The number of carbonyl (C=O) groups excluding carboxylic acids is 1. The number of benzene rings is 2. The zero-order chi connectivity index (χ0) is 30.1. The number of hydrogen-bond donors (Lipinski definition) is 0. The highest BCUT2D eigenvalue weighted by Crippen LogP contribution is 2.39. The Morgan fingerprint density at radius 2 is 1.74 bits per heavy atom. The van der Waals surface area contributed by atoms with Gasteiger partial charge in [-0.05, 0) is 43.4 Å². The maximum Gasteiger partial charge on any atom is 0.246 e. The summed E-state index contributed by atoms with van der Waals surface area (Å²) in [6.45, 7) is 12.1. The number of rotatable bonds is 5. The highest BCUT2D eigenvalue weighted by Gasteiger charge is 2.36. The van der Waals surface area contributed by atoms with Crippen LogP contribution in [0.25, 0.3) is 10.8 Å². The lowest BCUT2D eigenvalue weighted by Gasteiger charge is -2.43. The molecule has 3 aliphatic rings. The average Bonchev–Trinajstić information content (AvgIpc) is 3.02. The minimum atomic E-state index is -0.312. The number of ether oxygens (including phenoxy) is 1. The fourth-order valence-corrected chi connectivity index (χ4v) is 6.98. The SMILES string of the molecule is C=CC(=O)N1CCN(c2nc(N3CC(C)OC(C)C3)c3c(c2C#N)CN(c2cccc4ccccc24)CC3)CC1CC#N. The third-order valence-electron chi connectivity index (χ3n) is 8.86. The van der Waals surface area contributed by atoms with Crippen LogP contribution in [-0.4, -0.2) is 73.3 Å². The fraction of sp³-hybridized carbons (Fsp3) is 0.412. The van der Waals surface area contributed by atoms with Crippen LogP contribution in [0.5, 0.6) is 0 Å². The molecule has 2 fully saturated rings. The van der Waals surface area contributed by atoms with Crippen molar-refractivity contribution in [3.05, 3.63) is 71.8 Å². The highest BCUT2D eigenvalue weighted by molar-refractivity contribution is 5.94. The summed E-state index contributed by atoms with van der Waals surface area (Å²) in [6.07, 6.45) is 2.39. The van der Waals surface area contributed by atoms with E-state index in [9.17, 15) is 15.3 Å². The number of pyridine rings is 1. The van der Waals surface area contributed by atoms with Crippen molar-refractivity contribution in [3.8, 4) is 12.1 Å². The molecule has 2 aromatic carbocycles. The second kappa shape index (κ2) is 11.9. The van der Waals surface area contributed by atoms with Crippen molar-refractivity contribution in [2.75, 3.05) is 54.0 Å². The van der Waals surface area contributed by atoms with Gasteiger partial charge in [-0.15, -0.1) is 0 Å². The van der Waals surface area contributed by atoms with Gasteiger partial charge in [0, 0.05) is 62.5 Å². The van der Waals surface area contributed by atoms with E-state index in [0.717, 1.165) is 48.7 Å². The summed E-state index contributed by atoms with van der Waals surface area (Å²) in [5, 5.41) is 22.6. The lowest BCUT2D eigenvalue weighted by molar-refractivity contribution is -0.128. The quantitative estimate of drug-likeness (QED) is 0.413. The van der Waals surface area contributed by atoms with Crippen LogP contribution in [0.1, 0.15) is 37.0 Å². The first kappa shape index (κ1) is 28.5. The highest BCUT2D eigenvalue weighted by atomic mass is 16.5. The number of morpholine rings is 1. The molecule has 3 unspecified atom stereocenters. The number of amides is 1. The van der Waals surface area contributed by atoms with Crippen LogP contribution in [-0.2, 0) is 22.5 Å². The van der Waals surface area contributed by atoms with Crippen LogP contribution in [0.2, 0.25) is 0 Å². The zero-order valence-electron chi connectivity index (χ0n) is 24.9. The molecule has 3 atom stereocenters. The first-order valence-corrected chi connectivity index (χ1v) is 15.1. The predicted octanol–water partition coefficient (Wildman–Crippen LogP) is 4.40. The summed E-state index contributed by atoms with van der Waals surface area (Å²) < 4.78 is 6.06. The molecule has 1 aromatic heterocycles. The second-order valence-electron chi connectivity index (χ2n) is 11.7. The average molecular weight is 576 g/mol. The number of nitrogens with zero attached hydrogens (tertiary/aromatic N) is 7. The normalized spacial score (nSPS) is 22.1. The number of carbonyl (C=O) groups is 1. The predicted molar refractivity (Wildman–Crippen MR) is 168 cm³/mol. The number of piperazine rings is 1. The molecule has 0 N–H and O–H groups in total. The van der Waals surface area contributed by atoms with Gasteiger partial charge in [0.2, 0.25) is 5.91 Å². The summed E-state index contributed by atoms with van der Waals surface area (Å²) >= 11 is 0. The minimum absolute atomic E-state index is 0.0598. The van der Waals surface area contributed by atoms with Crippen molar-refractivity contribution >= 4 is 34.0 Å². The Morgan fingerprint density at radius 3 is 2.49 bits per heavy atom. The van der Waals surface area contributed by atoms with E-state index in [1.165, 1.54) is 16.8 Å². The largest absolute Gasteiger partial charge is 0.372 e. The number of fused-ring (bicyclic) bond motifs is 2. The number of anilines is 3. The van der Waals surface area contributed by atoms with Gasteiger partial charge in [-0.25, -0.2) is 4.98 Å². The fourth-order valence-electron chi connectivity index (χ4n) is 6.98. The smallest absolute Gasteiger partial charge is 0.246 e. The van der Waals surface area contributed by atoms with Crippen LogP contribution in [0, 0.1) is 22.7 Å². The molecule has 4 heterocycles. The Morgan fingerprint density at radius 1 is 0.977 bits per heavy atom. The van der Waals surface area contributed by atoms with E-state index >= 15 is 0 Å². The Labute approximate surface area is 253 Å². The standard InChI is InChI=1S/C34H37N7O2/c1-4-32(42)41-17-16-39(21-26(41)12-14-35)34-29(18-36)30-22-38(31-11-7-9-25-8-5-6-10-27(25)31)15-13-28(30)33(37-34)40-19-23(2)43-24(3)20-40/h4-11,23-24,26H,1,12-13,15-17,19-22H2,2-3H3. The van der Waals surface area contributed by atoms with Gasteiger partial charge in [0.25, 0.3) is 0 Å². The van der Waals surface area contributed by atoms with E-state index < -0.39 is 0 Å². The van der Waals surface area contributed by atoms with Crippen molar-refractivity contribution in [2.24, 2.45) is 0 Å². The van der Waals surface area contributed by atoms with E-state index in [1.807, 2.05) is 0 Å². The summed E-state index contributed by atoms with van der Waals surface area (Å²) in [4.78, 5) is 26.3. The number of nitriles is 2. The molecule has 6 rings (SSSR count). The topological polar surface area (TPSA) is 99.7 Å². The first-order chi connectivity index (χ1) is 20.9. The van der Waals surface area contributed by atoms with E-state index in [-0.39, 0.29) is 30.6 Å². The van der Waals surface area contributed by atoms with Gasteiger partial charge in [0.15, 0.2) is 0 Å². The van der Waals surface area contributed by atoms with Gasteiger partial charge in [-0.3, -0.25) is 4.79 Å². The molecule has 0 bridgehead atoms. The van der Waals surface area contributed by atoms with Gasteiger partial charge in [-0.1, -0.05) is 43.0 Å². The van der Waals surface area contributed by atoms with Crippen molar-refractivity contribution in [1.29, 1.82) is 10.5 Å². The van der Waals surface area contributed by atoms with Crippen LogP contribution >= 0.6 is 0 Å². The molecule has 9 nitrogen and oxygen atoms in total. The van der Waals surface area contributed by atoms with Gasteiger partial charge in [-0.2, -0.15) is 10.5 Å². The van der Waals surface area contributed by atoms with Crippen molar-refractivity contribution in [3.63, 3.8) is 0 Å². The molecule has 3 aliphatic heterocycles. The Hall–Kier alpha value is -4.60. The molecular formula is C34H37N7O2. The van der Waals surface area contributed by atoms with Gasteiger partial charge >= 0.3 is 0 Å². The summed E-state index contributed by atoms with van der Waals surface area (Å²) in [7, 11) is 0. The first-order valence-electron chi connectivity index (χ1n) is 15.1. The summed E-state index contributed by atoms with van der Waals surface area (Å²) in [5.41, 5.74) is 3.88. The van der Waals surface area contributed by atoms with Gasteiger partial charge in [0.05, 0.1) is 36.3 Å². The van der Waals surface area contributed by atoms with Crippen LogP contribution < -0.4 is 14.7 Å². The molecule has 43 heavy (non-hydrogen) atoms. The summed E-state index contributed by atoms with van der Waals surface area (Å²) in [6, 6.07) is 19.3. The third-order valence-corrected chi connectivity index (χ3v) is 8.86. The van der Waals surface area contributed by atoms with Crippen molar-refractivity contribution in [2.45, 2.75) is 51.5 Å². The molecular weight excluding hydrogens is 538 g/mol. The summed E-state index contributed by atoms with van der Waals surface area (Å²) in [5.74, 6) is 1.38. The molecule has 9 heteroatoms. The molecule has 0 radical (unpaired) electrons. The maximum atomic E-state index is 12.6. The number of hydrogen-bond acceptors (Lipinski definition) is 8. The second-order valence-corrected chi connectivity index (χ2v) is 11.7. The van der Waals surface area contributed by atoms with E-state index in [2.05, 4.69) is 89.7 Å². The van der Waals surface area contributed by atoms with Crippen LogP contribution in [0.4, 0.5) is 17.3 Å². The van der Waals surface area contributed by atoms with E-state index in [0.29, 0.717) is 37.6 Å². The lowest BCUT2D eigenvalue weighted by Crippen LogP contribution is -2.55. The molecule has 0 saturated carbocycles. The molecule has 220 valence electrons. The van der Waals surface area contributed by atoms with E-state index in [4.69, 9.17) is 9.72 Å². The zero-order valence-corrected chi connectivity index (χ0v) is 24.9. The van der Waals surface area contributed by atoms with Crippen molar-refractivity contribution in [1.82, 2.24) is 9.88 Å². The number of aromatic nitrogens is 1. The van der Waals surface area contributed by atoms with Crippen molar-refractivity contribution < 1.29 is 9.53 Å².